The smallest absolute Gasteiger partial charge is 0.222 e. The maximum Gasteiger partial charge on any atom is 0.222 e. The van der Waals surface area contributed by atoms with E-state index in [2.05, 4.69) is 20.3 Å². The third-order valence-corrected chi connectivity index (χ3v) is 2.17. The lowest BCUT2D eigenvalue weighted by Crippen LogP contribution is -2.08. The van der Waals surface area contributed by atoms with Crippen LogP contribution in [0.25, 0.3) is 0 Å². The van der Waals surface area contributed by atoms with Crippen molar-refractivity contribution >= 4 is 5.95 Å². The van der Waals surface area contributed by atoms with Crippen molar-refractivity contribution < 1.29 is 4.74 Å². The number of ether oxygens (including phenoxy) is 1. The predicted octanol–water partition coefficient (Wildman–Crippen LogP) is 2.27. The average Bonchev–Trinajstić information content (AvgIpc) is 2.37. The van der Waals surface area contributed by atoms with Crippen LogP contribution in [0, 0.1) is 0 Å². The molecule has 2 aromatic heterocycles. The molecule has 0 aliphatic carbocycles. The van der Waals surface area contributed by atoms with Gasteiger partial charge in [-0.05, 0) is 31.5 Å². The van der Waals surface area contributed by atoms with Crippen LogP contribution >= 0.6 is 0 Å². The normalized spacial score (nSPS) is 10.4. The summed E-state index contributed by atoms with van der Waals surface area (Å²) in [7, 11) is 0. The molecule has 94 valence electrons. The molecule has 18 heavy (non-hydrogen) atoms. The molecule has 5 nitrogen and oxygen atoms in total. The molecule has 0 atom stereocenters. The van der Waals surface area contributed by atoms with Gasteiger partial charge in [0.25, 0.3) is 0 Å². The van der Waals surface area contributed by atoms with Crippen LogP contribution in [-0.4, -0.2) is 21.1 Å². The van der Waals surface area contributed by atoms with E-state index in [4.69, 9.17) is 4.74 Å². The first-order valence-electron chi connectivity index (χ1n) is 5.86. The Balaban J connectivity index is 1.97. The van der Waals surface area contributed by atoms with Crippen molar-refractivity contribution in [2.75, 3.05) is 5.32 Å². The largest absolute Gasteiger partial charge is 0.475 e. The Morgan fingerprint density at radius 2 is 1.94 bits per heavy atom. The molecular weight excluding hydrogens is 228 g/mol. The SMILES string of the molecule is CC(C)Oc1cc(CNc2ncccn2)ccn1. The lowest BCUT2D eigenvalue weighted by atomic mass is 10.2. The first-order chi connectivity index (χ1) is 8.74. The zero-order valence-corrected chi connectivity index (χ0v) is 10.5. The van der Waals surface area contributed by atoms with Crippen LogP contribution in [0.5, 0.6) is 5.88 Å². The molecule has 5 heteroatoms. The van der Waals surface area contributed by atoms with E-state index in [0.29, 0.717) is 18.4 Å². The van der Waals surface area contributed by atoms with E-state index in [-0.39, 0.29) is 6.10 Å². The summed E-state index contributed by atoms with van der Waals surface area (Å²) in [5, 5.41) is 3.14. The molecule has 0 unspecified atom stereocenters. The second kappa shape index (κ2) is 5.95. The van der Waals surface area contributed by atoms with Crippen LogP contribution in [0.1, 0.15) is 19.4 Å². The Labute approximate surface area is 106 Å². The zero-order valence-electron chi connectivity index (χ0n) is 10.5. The molecule has 0 spiro atoms. The highest BCUT2D eigenvalue weighted by Crippen LogP contribution is 2.12. The quantitative estimate of drug-likeness (QED) is 0.874. The molecule has 2 aromatic rings. The third-order valence-electron chi connectivity index (χ3n) is 2.17. The Kier molecular flexibility index (Phi) is 4.06. The number of anilines is 1. The second-order valence-electron chi connectivity index (χ2n) is 4.09. The molecule has 2 rings (SSSR count). The van der Waals surface area contributed by atoms with Gasteiger partial charge in [0.1, 0.15) is 0 Å². The lowest BCUT2D eigenvalue weighted by molar-refractivity contribution is 0.232. The van der Waals surface area contributed by atoms with Gasteiger partial charge in [0.2, 0.25) is 11.8 Å². The number of hydrogen-bond donors (Lipinski definition) is 1. The van der Waals surface area contributed by atoms with Crippen molar-refractivity contribution in [3.05, 3.63) is 42.4 Å². The second-order valence-corrected chi connectivity index (χ2v) is 4.09. The van der Waals surface area contributed by atoms with Gasteiger partial charge < -0.3 is 10.1 Å². The van der Waals surface area contributed by atoms with Crippen molar-refractivity contribution in [1.82, 2.24) is 15.0 Å². The summed E-state index contributed by atoms with van der Waals surface area (Å²) in [6, 6.07) is 5.63. The molecule has 0 fully saturated rings. The number of rotatable bonds is 5. The van der Waals surface area contributed by atoms with Crippen LogP contribution in [0.3, 0.4) is 0 Å². The van der Waals surface area contributed by atoms with Gasteiger partial charge in [-0.1, -0.05) is 0 Å². The predicted molar refractivity (Wildman–Crippen MR) is 69.4 cm³/mol. The fraction of sp³-hybridized carbons (Fsp3) is 0.308. The number of nitrogens with zero attached hydrogens (tertiary/aromatic N) is 3. The van der Waals surface area contributed by atoms with Gasteiger partial charge in [0, 0.05) is 31.2 Å². The van der Waals surface area contributed by atoms with Crippen molar-refractivity contribution in [3.63, 3.8) is 0 Å². The highest BCUT2D eigenvalue weighted by atomic mass is 16.5. The van der Waals surface area contributed by atoms with Gasteiger partial charge in [-0.25, -0.2) is 15.0 Å². The Morgan fingerprint density at radius 1 is 1.17 bits per heavy atom. The summed E-state index contributed by atoms with van der Waals surface area (Å²) < 4.78 is 5.54. The first-order valence-corrected chi connectivity index (χ1v) is 5.86. The minimum atomic E-state index is 0.123. The number of nitrogens with one attached hydrogen (secondary N) is 1. The van der Waals surface area contributed by atoms with E-state index >= 15 is 0 Å². The fourth-order valence-electron chi connectivity index (χ4n) is 1.44. The monoisotopic (exact) mass is 244 g/mol. The number of hydrogen-bond acceptors (Lipinski definition) is 5. The van der Waals surface area contributed by atoms with E-state index in [1.54, 1.807) is 24.7 Å². The summed E-state index contributed by atoms with van der Waals surface area (Å²) >= 11 is 0. The van der Waals surface area contributed by atoms with Gasteiger partial charge in [0.05, 0.1) is 6.10 Å². The number of aromatic nitrogens is 3. The van der Waals surface area contributed by atoms with Crippen LogP contribution in [0.4, 0.5) is 5.95 Å². The maximum atomic E-state index is 5.54. The molecule has 0 aromatic carbocycles. The summed E-state index contributed by atoms with van der Waals surface area (Å²) in [5.74, 6) is 1.25. The molecule has 1 N–H and O–H groups in total. The molecule has 0 bridgehead atoms. The van der Waals surface area contributed by atoms with Crippen LogP contribution in [0.15, 0.2) is 36.8 Å². The molecule has 0 radical (unpaired) electrons. The van der Waals surface area contributed by atoms with Crippen molar-refractivity contribution in [1.29, 1.82) is 0 Å². The van der Waals surface area contributed by atoms with E-state index < -0.39 is 0 Å². The van der Waals surface area contributed by atoms with Crippen LogP contribution in [-0.2, 0) is 6.54 Å². The Bertz CT molecular complexity index is 487. The Hall–Kier alpha value is -2.17. The standard InChI is InChI=1S/C13H16N4O/c1-10(2)18-12-8-11(4-7-14-12)9-17-13-15-5-3-6-16-13/h3-8,10H,9H2,1-2H3,(H,15,16,17). The summed E-state index contributed by atoms with van der Waals surface area (Å²) in [6.45, 7) is 4.59. The number of pyridine rings is 1. The third kappa shape index (κ3) is 3.69. The zero-order chi connectivity index (χ0) is 12.8. The molecular formula is C13H16N4O. The van der Waals surface area contributed by atoms with Crippen molar-refractivity contribution in [2.45, 2.75) is 26.5 Å². The molecule has 0 saturated carbocycles. The van der Waals surface area contributed by atoms with Crippen LogP contribution in [0.2, 0.25) is 0 Å². The minimum absolute atomic E-state index is 0.123. The van der Waals surface area contributed by atoms with E-state index in [9.17, 15) is 0 Å². The minimum Gasteiger partial charge on any atom is -0.475 e. The lowest BCUT2D eigenvalue weighted by Gasteiger charge is -2.10. The van der Waals surface area contributed by atoms with Crippen LogP contribution < -0.4 is 10.1 Å². The fourth-order valence-corrected chi connectivity index (χ4v) is 1.44. The molecule has 0 saturated heterocycles. The van der Waals surface area contributed by atoms with Gasteiger partial charge in [-0.2, -0.15) is 0 Å². The molecule has 0 aliphatic heterocycles. The summed E-state index contributed by atoms with van der Waals surface area (Å²) in [5.41, 5.74) is 1.08. The Morgan fingerprint density at radius 3 is 2.67 bits per heavy atom. The summed E-state index contributed by atoms with van der Waals surface area (Å²) in [4.78, 5) is 12.3. The van der Waals surface area contributed by atoms with Crippen molar-refractivity contribution in [3.8, 4) is 5.88 Å². The maximum absolute atomic E-state index is 5.54. The van der Waals surface area contributed by atoms with E-state index in [0.717, 1.165) is 5.56 Å². The molecule has 0 amide bonds. The van der Waals surface area contributed by atoms with Crippen molar-refractivity contribution in [2.24, 2.45) is 0 Å². The van der Waals surface area contributed by atoms with Gasteiger partial charge in [-0.3, -0.25) is 0 Å². The first kappa shape index (κ1) is 12.3. The van der Waals surface area contributed by atoms with E-state index in [1.165, 1.54) is 0 Å². The van der Waals surface area contributed by atoms with Gasteiger partial charge >= 0.3 is 0 Å². The topological polar surface area (TPSA) is 59.9 Å². The van der Waals surface area contributed by atoms with Gasteiger partial charge in [0.15, 0.2) is 0 Å². The van der Waals surface area contributed by atoms with Gasteiger partial charge in [-0.15, -0.1) is 0 Å². The highest BCUT2D eigenvalue weighted by molar-refractivity contribution is 5.28. The molecule has 2 heterocycles. The molecule has 0 aliphatic rings. The average molecular weight is 244 g/mol. The van der Waals surface area contributed by atoms with E-state index in [1.807, 2.05) is 26.0 Å². The summed E-state index contributed by atoms with van der Waals surface area (Å²) in [6.07, 6.45) is 5.27. The highest BCUT2D eigenvalue weighted by Gasteiger charge is 2.01.